The fourth-order valence-electron chi connectivity index (χ4n) is 3.63. The van der Waals surface area contributed by atoms with Crippen LogP contribution in [-0.2, 0) is 4.79 Å². The first-order chi connectivity index (χ1) is 15.9. The molecule has 0 aliphatic heterocycles. The summed E-state index contributed by atoms with van der Waals surface area (Å²) in [6.45, 7) is 3.49. The number of carbonyl (C=O) groups is 2. The second-order valence-electron chi connectivity index (χ2n) is 7.42. The van der Waals surface area contributed by atoms with Gasteiger partial charge in [0.1, 0.15) is 4.83 Å². The van der Waals surface area contributed by atoms with Crippen LogP contribution in [0.3, 0.4) is 0 Å². The van der Waals surface area contributed by atoms with Crippen molar-refractivity contribution in [2.75, 3.05) is 11.9 Å². The highest BCUT2D eigenvalue weighted by atomic mass is 32.1. The van der Waals surface area contributed by atoms with Gasteiger partial charge in [0, 0.05) is 11.1 Å². The fourth-order valence-corrected chi connectivity index (χ4v) is 4.78. The number of hydrogen-bond acceptors (Lipinski definition) is 7. The Bertz CT molecular complexity index is 1580. The van der Waals surface area contributed by atoms with Gasteiger partial charge in [0.15, 0.2) is 11.6 Å². The molecule has 0 aliphatic carbocycles. The van der Waals surface area contributed by atoms with Crippen LogP contribution >= 0.6 is 11.3 Å². The molecule has 4 N–H and O–H groups in total. The van der Waals surface area contributed by atoms with E-state index in [-0.39, 0.29) is 18.1 Å². The number of aryl methyl sites for hydroxylation is 2. The van der Waals surface area contributed by atoms with Crippen LogP contribution in [-0.4, -0.2) is 38.3 Å². The van der Waals surface area contributed by atoms with Crippen LogP contribution in [0.2, 0.25) is 0 Å². The number of nitrogens with one attached hydrogen (secondary N) is 4. The summed E-state index contributed by atoms with van der Waals surface area (Å²) in [6, 6.07) is 8.53. The summed E-state index contributed by atoms with van der Waals surface area (Å²) < 4.78 is 5.38. The first kappa shape index (κ1) is 20.6. The van der Waals surface area contributed by atoms with Gasteiger partial charge < -0.3 is 25.0 Å². The predicted molar refractivity (Wildman–Crippen MR) is 124 cm³/mol. The third kappa shape index (κ3) is 3.89. The summed E-state index contributed by atoms with van der Waals surface area (Å²) in [5.41, 5.74) is 2.91. The number of rotatable bonds is 5. The molecule has 0 unspecified atom stereocenters. The van der Waals surface area contributed by atoms with Gasteiger partial charge in [-0.15, -0.1) is 11.3 Å². The van der Waals surface area contributed by atoms with Crippen LogP contribution < -0.4 is 16.3 Å². The molecule has 0 atom stereocenters. The van der Waals surface area contributed by atoms with E-state index in [4.69, 9.17) is 4.42 Å². The molecule has 0 radical (unpaired) electrons. The second kappa shape index (κ2) is 8.02. The molecule has 0 saturated heterocycles. The van der Waals surface area contributed by atoms with Crippen LogP contribution in [0.5, 0.6) is 0 Å². The highest BCUT2D eigenvalue weighted by Gasteiger charge is 2.20. The second-order valence-corrected chi connectivity index (χ2v) is 8.42. The van der Waals surface area contributed by atoms with E-state index in [9.17, 15) is 14.4 Å². The molecule has 5 rings (SSSR count). The smallest absolute Gasteiger partial charge is 0.323 e. The minimum Gasteiger partial charge on any atom is -0.461 e. The number of H-pyrrole nitrogens is 2. The van der Waals surface area contributed by atoms with Gasteiger partial charge in [0.2, 0.25) is 5.91 Å². The monoisotopic (exact) mass is 462 g/mol. The number of hydrogen-bond donors (Lipinski definition) is 4. The maximum atomic E-state index is 12.8. The van der Waals surface area contributed by atoms with Crippen molar-refractivity contribution in [3.05, 3.63) is 63.2 Å². The topological polar surface area (TPSA) is 146 Å². The fraction of sp³-hybridized carbons (Fsp3) is 0.136. The van der Waals surface area contributed by atoms with Crippen molar-refractivity contribution in [1.29, 1.82) is 0 Å². The summed E-state index contributed by atoms with van der Waals surface area (Å²) in [6.07, 6.45) is 1.55. The van der Waals surface area contributed by atoms with Crippen molar-refractivity contribution in [2.45, 2.75) is 13.8 Å². The molecule has 33 heavy (non-hydrogen) atoms. The lowest BCUT2D eigenvalue weighted by Crippen LogP contribution is -2.32. The van der Waals surface area contributed by atoms with Gasteiger partial charge in [0.05, 0.1) is 34.4 Å². The van der Waals surface area contributed by atoms with Crippen LogP contribution in [0, 0.1) is 13.8 Å². The predicted octanol–water partition coefficient (Wildman–Crippen LogP) is 3.11. The minimum absolute atomic E-state index is 0.212. The zero-order valence-electron chi connectivity index (χ0n) is 17.6. The number of benzene rings is 1. The Morgan fingerprint density at radius 3 is 2.73 bits per heavy atom. The van der Waals surface area contributed by atoms with Gasteiger partial charge in [-0.3, -0.25) is 9.59 Å². The van der Waals surface area contributed by atoms with E-state index in [2.05, 4.69) is 30.6 Å². The molecule has 166 valence electrons. The van der Waals surface area contributed by atoms with E-state index in [0.29, 0.717) is 38.0 Å². The maximum Gasteiger partial charge on any atom is 0.323 e. The average molecular weight is 462 g/mol. The van der Waals surface area contributed by atoms with Crippen molar-refractivity contribution in [1.82, 2.24) is 25.3 Å². The molecule has 1 aromatic carbocycles. The Kier molecular flexibility index (Phi) is 5.02. The lowest BCUT2D eigenvalue weighted by Gasteiger charge is -2.07. The van der Waals surface area contributed by atoms with E-state index in [0.717, 1.165) is 16.6 Å². The van der Waals surface area contributed by atoms with Crippen molar-refractivity contribution >= 4 is 50.1 Å². The zero-order valence-corrected chi connectivity index (χ0v) is 18.4. The number of fused-ring (bicyclic) bond motifs is 2. The highest BCUT2D eigenvalue weighted by molar-refractivity contribution is 7.20. The summed E-state index contributed by atoms with van der Waals surface area (Å²) in [7, 11) is 0. The SMILES string of the molecule is Cc1nc(-c2ccco2)nc2sc(C(=O)NCC(=O)Nc3ccc4[nH]c(=O)[nH]c4c3)c(C)c12. The molecule has 0 bridgehead atoms. The largest absolute Gasteiger partial charge is 0.461 e. The van der Waals surface area contributed by atoms with Crippen LogP contribution in [0.15, 0.2) is 45.8 Å². The first-order valence-electron chi connectivity index (χ1n) is 10.0. The van der Waals surface area contributed by atoms with E-state index < -0.39 is 5.91 Å². The number of nitrogens with zero attached hydrogens (tertiary/aromatic N) is 2. The van der Waals surface area contributed by atoms with Crippen molar-refractivity contribution in [3.63, 3.8) is 0 Å². The number of anilines is 1. The standard InChI is InChI=1S/C22H18N6O4S/c1-10-17-11(2)24-19(15-4-3-7-32-15)28-21(17)33-18(10)20(30)23-9-16(29)25-12-5-6-13-14(8-12)27-22(31)26-13/h3-8H,9H2,1-2H3,(H,23,30)(H,25,29)(H2,26,27,31). The van der Waals surface area contributed by atoms with Crippen molar-refractivity contribution in [2.24, 2.45) is 0 Å². The number of amides is 2. The first-order valence-corrected chi connectivity index (χ1v) is 10.8. The molecule has 10 nitrogen and oxygen atoms in total. The van der Waals surface area contributed by atoms with Gasteiger partial charge in [-0.1, -0.05) is 0 Å². The summed E-state index contributed by atoms with van der Waals surface area (Å²) in [4.78, 5) is 52.0. The van der Waals surface area contributed by atoms with Crippen LogP contribution in [0.25, 0.3) is 32.8 Å². The molecule has 4 heterocycles. The average Bonchev–Trinajstić information content (AvgIpc) is 3.50. The minimum atomic E-state index is -0.393. The number of aromatic amines is 2. The van der Waals surface area contributed by atoms with Crippen LogP contribution in [0.1, 0.15) is 20.9 Å². The number of thiophene rings is 1. The lowest BCUT2D eigenvalue weighted by molar-refractivity contribution is -0.115. The molecule has 4 aromatic heterocycles. The van der Waals surface area contributed by atoms with Gasteiger partial charge >= 0.3 is 5.69 Å². The van der Waals surface area contributed by atoms with Crippen LogP contribution in [0.4, 0.5) is 5.69 Å². The lowest BCUT2D eigenvalue weighted by atomic mass is 10.1. The molecule has 2 amide bonds. The Balaban J connectivity index is 1.31. The molecular weight excluding hydrogens is 444 g/mol. The molecule has 11 heteroatoms. The number of imidazole rings is 1. The van der Waals surface area contributed by atoms with Gasteiger partial charge in [-0.2, -0.15) is 0 Å². The number of furan rings is 1. The summed E-state index contributed by atoms with van der Waals surface area (Å²) in [5, 5.41) is 6.18. The number of aromatic nitrogens is 4. The Hall–Kier alpha value is -4.25. The van der Waals surface area contributed by atoms with Gasteiger partial charge in [-0.05, 0) is 49.7 Å². The normalized spacial score (nSPS) is 11.2. The third-order valence-electron chi connectivity index (χ3n) is 5.13. The Morgan fingerprint density at radius 1 is 1.12 bits per heavy atom. The van der Waals surface area contributed by atoms with E-state index in [1.54, 1.807) is 36.6 Å². The maximum absolute atomic E-state index is 12.8. The molecule has 0 aliphatic rings. The molecule has 5 aromatic rings. The van der Waals surface area contributed by atoms with E-state index in [1.807, 2.05) is 13.8 Å². The van der Waals surface area contributed by atoms with Crippen molar-refractivity contribution in [3.8, 4) is 11.6 Å². The summed E-state index contributed by atoms with van der Waals surface area (Å²) in [5.74, 6) is 0.249. The Labute approximate surface area is 190 Å². The van der Waals surface area contributed by atoms with Gasteiger partial charge in [-0.25, -0.2) is 14.8 Å². The molecule has 0 spiro atoms. The third-order valence-corrected chi connectivity index (χ3v) is 6.31. The summed E-state index contributed by atoms with van der Waals surface area (Å²) >= 11 is 1.24. The Morgan fingerprint density at radius 2 is 1.94 bits per heavy atom. The zero-order chi connectivity index (χ0) is 23.1. The number of carbonyl (C=O) groups excluding carboxylic acids is 2. The van der Waals surface area contributed by atoms with Crippen molar-refractivity contribution < 1.29 is 14.0 Å². The molecule has 0 fully saturated rings. The molecule has 0 saturated carbocycles. The van der Waals surface area contributed by atoms with E-state index in [1.165, 1.54) is 11.3 Å². The van der Waals surface area contributed by atoms with Gasteiger partial charge in [0.25, 0.3) is 5.91 Å². The quantitative estimate of drug-likeness (QED) is 0.316. The molecular formula is C22H18N6O4S. The highest BCUT2D eigenvalue weighted by Crippen LogP contribution is 2.32. The van der Waals surface area contributed by atoms with E-state index >= 15 is 0 Å².